The van der Waals surface area contributed by atoms with Gasteiger partial charge in [-0.2, -0.15) is 5.10 Å². The highest BCUT2D eigenvalue weighted by Gasteiger charge is 2.17. The molecule has 0 amide bonds. The molecule has 0 aliphatic rings. The van der Waals surface area contributed by atoms with E-state index in [-0.39, 0.29) is 5.69 Å². The van der Waals surface area contributed by atoms with Gasteiger partial charge in [0.1, 0.15) is 5.75 Å². The molecule has 1 aromatic heterocycles. The predicted octanol–water partition coefficient (Wildman–Crippen LogP) is 3.30. The van der Waals surface area contributed by atoms with Crippen molar-refractivity contribution in [3.05, 3.63) is 72.6 Å². The number of nitrogens with one attached hydrogen (secondary N) is 1. The Bertz CT molecular complexity index is 706. The molecule has 20 heavy (non-hydrogen) atoms. The molecule has 0 atom stereocenters. The highest BCUT2D eigenvalue weighted by molar-refractivity contribution is 5.96. The molecular weight excluding hydrogens is 252 g/mol. The molecule has 0 bridgehead atoms. The molecule has 0 fully saturated rings. The second-order valence-electron chi connectivity index (χ2n) is 4.22. The van der Waals surface area contributed by atoms with Crippen LogP contribution in [0.4, 0.5) is 0 Å². The molecule has 0 aliphatic heterocycles. The van der Waals surface area contributed by atoms with Crippen molar-refractivity contribution >= 4 is 5.97 Å². The average Bonchev–Trinajstić information content (AvgIpc) is 2.99. The van der Waals surface area contributed by atoms with E-state index in [9.17, 15) is 4.79 Å². The minimum absolute atomic E-state index is 0.278. The summed E-state index contributed by atoms with van der Waals surface area (Å²) in [6, 6.07) is 18.5. The molecule has 0 spiro atoms. The van der Waals surface area contributed by atoms with Crippen LogP contribution in [0.25, 0.3) is 11.1 Å². The van der Waals surface area contributed by atoms with Gasteiger partial charge in [-0.15, -0.1) is 0 Å². The first kappa shape index (κ1) is 12.2. The number of carbonyl (C=O) groups is 1. The largest absolute Gasteiger partial charge is 0.422 e. The average molecular weight is 264 g/mol. The molecule has 0 aliphatic carbocycles. The minimum atomic E-state index is -0.476. The van der Waals surface area contributed by atoms with E-state index in [2.05, 4.69) is 10.2 Å². The van der Waals surface area contributed by atoms with Crippen molar-refractivity contribution in [1.82, 2.24) is 10.2 Å². The predicted molar refractivity (Wildman–Crippen MR) is 75.4 cm³/mol. The number of benzene rings is 2. The summed E-state index contributed by atoms with van der Waals surface area (Å²) in [5, 5.41) is 6.70. The van der Waals surface area contributed by atoms with E-state index in [4.69, 9.17) is 4.74 Å². The smallest absolute Gasteiger partial charge is 0.364 e. The SMILES string of the molecule is O=C(Oc1ccccc1)c1n[nH]cc1-c1ccccc1. The van der Waals surface area contributed by atoms with Crippen molar-refractivity contribution in [2.45, 2.75) is 0 Å². The molecule has 1 N–H and O–H groups in total. The monoisotopic (exact) mass is 264 g/mol. The number of esters is 1. The van der Waals surface area contributed by atoms with Crippen LogP contribution in [0.15, 0.2) is 66.9 Å². The third-order valence-electron chi connectivity index (χ3n) is 2.87. The van der Waals surface area contributed by atoms with Crippen molar-refractivity contribution in [2.75, 3.05) is 0 Å². The third kappa shape index (κ3) is 2.44. The third-order valence-corrected chi connectivity index (χ3v) is 2.87. The van der Waals surface area contributed by atoms with Gasteiger partial charge in [0.15, 0.2) is 5.69 Å². The van der Waals surface area contributed by atoms with Crippen LogP contribution >= 0.6 is 0 Å². The summed E-state index contributed by atoms with van der Waals surface area (Å²) in [6.45, 7) is 0. The Morgan fingerprint density at radius 1 is 0.950 bits per heavy atom. The lowest BCUT2D eigenvalue weighted by atomic mass is 10.1. The number of para-hydroxylation sites is 1. The summed E-state index contributed by atoms with van der Waals surface area (Å²) in [6.07, 6.45) is 1.69. The number of nitrogens with zero attached hydrogens (tertiary/aromatic N) is 1. The Morgan fingerprint density at radius 3 is 2.30 bits per heavy atom. The van der Waals surface area contributed by atoms with Gasteiger partial charge < -0.3 is 4.74 Å². The van der Waals surface area contributed by atoms with Gasteiger partial charge in [-0.05, 0) is 17.7 Å². The van der Waals surface area contributed by atoms with E-state index >= 15 is 0 Å². The lowest BCUT2D eigenvalue weighted by Crippen LogP contribution is -2.10. The van der Waals surface area contributed by atoms with E-state index in [1.807, 2.05) is 48.5 Å². The van der Waals surface area contributed by atoms with Gasteiger partial charge in [-0.25, -0.2) is 4.79 Å². The molecule has 0 unspecified atom stereocenters. The highest BCUT2D eigenvalue weighted by atomic mass is 16.5. The first-order chi connectivity index (χ1) is 9.84. The van der Waals surface area contributed by atoms with Crippen molar-refractivity contribution in [3.8, 4) is 16.9 Å². The van der Waals surface area contributed by atoms with Crippen LogP contribution in [-0.2, 0) is 0 Å². The number of hydrogen-bond acceptors (Lipinski definition) is 3. The molecular formula is C16H12N2O2. The van der Waals surface area contributed by atoms with Gasteiger partial charge in [0.05, 0.1) is 0 Å². The number of hydrogen-bond donors (Lipinski definition) is 1. The lowest BCUT2D eigenvalue weighted by molar-refractivity contribution is 0.0729. The maximum atomic E-state index is 12.2. The summed E-state index contributed by atoms with van der Waals surface area (Å²) in [5.41, 5.74) is 1.92. The van der Waals surface area contributed by atoms with Crippen molar-refractivity contribution in [3.63, 3.8) is 0 Å². The summed E-state index contributed by atoms with van der Waals surface area (Å²) >= 11 is 0. The zero-order chi connectivity index (χ0) is 13.8. The van der Waals surface area contributed by atoms with Gasteiger partial charge in [0.2, 0.25) is 0 Å². The minimum Gasteiger partial charge on any atom is -0.422 e. The number of ether oxygens (including phenoxy) is 1. The zero-order valence-corrected chi connectivity index (χ0v) is 10.6. The topological polar surface area (TPSA) is 55.0 Å². The van der Waals surface area contributed by atoms with E-state index in [1.165, 1.54) is 0 Å². The standard InChI is InChI=1S/C16H12N2O2/c19-16(20-13-9-5-2-6-10-13)15-14(11-17-18-15)12-7-3-1-4-8-12/h1-11H,(H,17,18). The summed E-state index contributed by atoms with van der Waals surface area (Å²) in [7, 11) is 0. The molecule has 0 saturated heterocycles. The van der Waals surface area contributed by atoms with Crippen LogP contribution < -0.4 is 4.74 Å². The van der Waals surface area contributed by atoms with E-state index in [1.54, 1.807) is 18.3 Å². The fourth-order valence-corrected chi connectivity index (χ4v) is 1.93. The summed E-state index contributed by atoms with van der Waals surface area (Å²) in [5.74, 6) is 0.0239. The van der Waals surface area contributed by atoms with Gasteiger partial charge in [-0.1, -0.05) is 48.5 Å². The maximum absolute atomic E-state index is 12.2. The van der Waals surface area contributed by atoms with E-state index < -0.39 is 5.97 Å². The van der Waals surface area contributed by atoms with Gasteiger partial charge in [-0.3, -0.25) is 5.10 Å². The first-order valence-corrected chi connectivity index (χ1v) is 6.21. The first-order valence-electron chi connectivity index (χ1n) is 6.21. The Morgan fingerprint density at radius 2 is 1.60 bits per heavy atom. The Hall–Kier alpha value is -2.88. The second-order valence-corrected chi connectivity index (χ2v) is 4.22. The van der Waals surface area contributed by atoms with E-state index in [0.717, 1.165) is 11.1 Å². The molecule has 3 aromatic rings. The lowest BCUT2D eigenvalue weighted by Gasteiger charge is -2.04. The molecule has 0 saturated carbocycles. The molecule has 3 rings (SSSR count). The molecule has 4 heteroatoms. The number of carbonyl (C=O) groups excluding carboxylic acids is 1. The van der Waals surface area contributed by atoms with Crippen molar-refractivity contribution in [2.24, 2.45) is 0 Å². The number of aromatic amines is 1. The zero-order valence-electron chi connectivity index (χ0n) is 10.6. The van der Waals surface area contributed by atoms with Crippen LogP contribution in [0.2, 0.25) is 0 Å². The van der Waals surface area contributed by atoms with Crippen LogP contribution in [0.5, 0.6) is 5.75 Å². The van der Waals surface area contributed by atoms with Gasteiger partial charge >= 0.3 is 5.97 Å². The Labute approximate surface area is 116 Å². The summed E-state index contributed by atoms with van der Waals surface area (Å²) < 4.78 is 5.30. The molecule has 98 valence electrons. The highest BCUT2D eigenvalue weighted by Crippen LogP contribution is 2.22. The molecule has 4 nitrogen and oxygen atoms in total. The number of H-pyrrole nitrogens is 1. The van der Waals surface area contributed by atoms with E-state index in [0.29, 0.717) is 5.75 Å². The van der Waals surface area contributed by atoms with Crippen LogP contribution in [0, 0.1) is 0 Å². The molecule has 2 aromatic carbocycles. The van der Waals surface area contributed by atoms with Crippen LogP contribution in [0.1, 0.15) is 10.5 Å². The van der Waals surface area contributed by atoms with Crippen LogP contribution in [0.3, 0.4) is 0 Å². The number of rotatable bonds is 3. The number of aromatic nitrogens is 2. The normalized spacial score (nSPS) is 10.2. The summed E-state index contributed by atoms with van der Waals surface area (Å²) in [4.78, 5) is 12.2. The fraction of sp³-hybridized carbons (Fsp3) is 0. The van der Waals surface area contributed by atoms with Crippen molar-refractivity contribution in [1.29, 1.82) is 0 Å². The Balaban J connectivity index is 1.88. The quantitative estimate of drug-likeness (QED) is 0.583. The van der Waals surface area contributed by atoms with Crippen molar-refractivity contribution < 1.29 is 9.53 Å². The van der Waals surface area contributed by atoms with Crippen LogP contribution in [-0.4, -0.2) is 16.2 Å². The molecule has 1 heterocycles. The fourth-order valence-electron chi connectivity index (χ4n) is 1.93. The second kappa shape index (κ2) is 5.40. The molecule has 0 radical (unpaired) electrons. The maximum Gasteiger partial charge on any atom is 0.364 e. The Kier molecular flexibility index (Phi) is 3.29. The van der Waals surface area contributed by atoms with Gasteiger partial charge in [0.25, 0.3) is 0 Å². The van der Waals surface area contributed by atoms with Gasteiger partial charge in [0, 0.05) is 11.8 Å².